The number of epoxide rings is 1. The lowest BCUT2D eigenvalue weighted by molar-refractivity contribution is -0.193. The minimum absolute atomic E-state index is 0.0676. The third-order valence-corrected chi connectivity index (χ3v) is 9.67. The van der Waals surface area contributed by atoms with Gasteiger partial charge in [0.1, 0.15) is 23.6 Å². The van der Waals surface area contributed by atoms with Crippen molar-refractivity contribution in [3.05, 3.63) is 0 Å². The molecule has 154 valence electrons. The van der Waals surface area contributed by atoms with E-state index < -0.39 is 0 Å². The molecule has 0 radical (unpaired) electrons. The lowest BCUT2D eigenvalue weighted by Gasteiger charge is -2.61. The third-order valence-electron chi connectivity index (χ3n) is 9.67. The predicted octanol–water partition coefficient (Wildman–Crippen LogP) is 3.48. The van der Waals surface area contributed by atoms with Crippen LogP contribution in [-0.2, 0) is 23.9 Å². The summed E-state index contributed by atoms with van der Waals surface area (Å²) < 4.78 is 12.1. The summed E-state index contributed by atoms with van der Waals surface area (Å²) in [4.78, 5) is 36.8. The standard InChI is InChI=1S/C23H32O5/c1-12(24)15-5-6-16-14-7-10-23-20(28-23)17(26)8-9-22(23,4)19(14)18(27-13(2)25)11-21(15,16)3/h14-16,18-20H,5-11H2,1-4H3/t14?,15?,16?,18-,19?,20-,21?,22?,23-/m1/s1. The van der Waals surface area contributed by atoms with Gasteiger partial charge in [-0.2, -0.15) is 0 Å². The molecule has 4 aliphatic carbocycles. The molecular weight excluding hydrogens is 356 g/mol. The third kappa shape index (κ3) is 2.15. The van der Waals surface area contributed by atoms with Crippen molar-refractivity contribution in [2.45, 2.75) is 90.4 Å². The van der Waals surface area contributed by atoms with Gasteiger partial charge in [-0.15, -0.1) is 0 Å². The van der Waals surface area contributed by atoms with Gasteiger partial charge in [0.2, 0.25) is 0 Å². The quantitative estimate of drug-likeness (QED) is 0.535. The van der Waals surface area contributed by atoms with Gasteiger partial charge in [0, 0.05) is 30.6 Å². The molecule has 5 heteroatoms. The van der Waals surface area contributed by atoms with Crippen molar-refractivity contribution in [2.75, 3.05) is 0 Å². The second-order valence-corrected chi connectivity index (χ2v) is 10.7. The van der Waals surface area contributed by atoms with Gasteiger partial charge in [0.25, 0.3) is 0 Å². The van der Waals surface area contributed by atoms with Crippen molar-refractivity contribution >= 4 is 17.5 Å². The van der Waals surface area contributed by atoms with E-state index in [-0.39, 0.29) is 58.0 Å². The van der Waals surface area contributed by atoms with Crippen LogP contribution in [0.5, 0.6) is 0 Å². The van der Waals surface area contributed by atoms with E-state index >= 15 is 0 Å². The Bertz CT molecular complexity index is 760. The van der Waals surface area contributed by atoms with Crippen molar-refractivity contribution in [1.82, 2.24) is 0 Å². The Balaban J connectivity index is 1.57. The Morgan fingerprint density at radius 2 is 1.86 bits per heavy atom. The predicted molar refractivity (Wildman–Crippen MR) is 101 cm³/mol. The van der Waals surface area contributed by atoms with Crippen LogP contribution in [0.25, 0.3) is 0 Å². The van der Waals surface area contributed by atoms with E-state index in [1.807, 2.05) is 0 Å². The van der Waals surface area contributed by atoms with Gasteiger partial charge in [0.15, 0.2) is 5.78 Å². The van der Waals surface area contributed by atoms with Crippen LogP contribution < -0.4 is 0 Å². The zero-order valence-electron chi connectivity index (χ0n) is 17.5. The van der Waals surface area contributed by atoms with Crippen LogP contribution in [0.3, 0.4) is 0 Å². The van der Waals surface area contributed by atoms with E-state index in [9.17, 15) is 14.4 Å². The summed E-state index contributed by atoms with van der Waals surface area (Å²) in [6.45, 7) is 7.75. The van der Waals surface area contributed by atoms with Gasteiger partial charge in [-0.25, -0.2) is 0 Å². The molecule has 1 saturated heterocycles. The molecule has 28 heavy (non-hydrogen) atoms. The number of carbonyl (C=O) groups is 3. The topological polar surface area (TPSA) is 73.0 Å². The van der Waals surface area contributed by atoms with Gasteiger partial charge < -0.3 is 9.47 Å². The smallest absolute Gasteiger partial charge is 0.302 e. The molecule has 5 aliphatic rings. The maximum absolute atomic E-state index is 12.4. The molecule has 0 aromatic carbocycles. The van der Waals surface area contributed by atoms with Crippen LogP contribution in [0, 0.1) is 34.5 Å². The lowest BCUT2D eigenvalue weighted by atomic mass is 9.43. The molecular formula is C23H32O5. The molecule has 1 heterocycles. The first-order valence-corrected chi connectivity index (χ1v) is 11.0. The number of ether oxygens (including phenoxy) is 2. The zero-order valence-corrected chi connectivity index (χ0v) is 17.5. The summed E-state index contributed by atoms with van der Waals surface area (Å²) in [7, 11) is 0. The zero-order chi connectivity index (χ0) is 20.1. The van der Waals surface area contributed by atoms with Gasteiger partial charge in [-0.3, -0.25) is 14.4 Å². The molecule has 5 nitrogen and oxygen atoms in total. The highest BCUT2D eigenvalue weighted by Gasteiger charge is 2.78. The first-order chi connectivity index (χ1) is 13.1. The first kappa shape index (κ1) is 18.8. The largest absolute Gasteiger partial charge is 0.462 e. The molecule has 0 bridgehead atoms. The van der Waals surface area contributed by atoms with Crippen LogP contribution in [0.15, 0.2) is 0 Å². The summed E-state index contributed by atoms with van der Waals surface area (Å²) >= 11 is 0. The first-order valence-electron chi connectivity index (χ1n) is 11.0. The number of ketones is 2. The molecule has 0 amide bonds. The summed E-state index contributed by atoms with van der Waals surface area (Å²) in [6.07, 6.45) is 5.67. The number of rotatable bonds is 2. The average molecular weight is 389 g/mol. The maximum atomic E-state index is 12.4. The fourth-order valence-electron chi connectivity index (χ4n) is 8.57. The SMILES string of the molecule is CC(=O)O[C@@H]1CC2(C)C(C(C)=O)CCC2C2CC[C@@]34O[C@@H]3C(=O)CCC4(C)C21. The van der Waals surface area contributed by atoms with E-state index in [1.54, 1.807) is 6.92 Å². The van der Waals surface area contributed by atoms with Crippen molar-refractivity contribution in [3.63, 3.8) is 0 Å². The Morgan fingerprint density at radius 3 is 2.54 bits per heavy atom. The molecule has 0 aromatic heterocycles. The van der Waals surface area contributed by atoms with Crippen LogP contribution in [0.2, 0.25) is 0 Å². The Hall–Kier alpha value is -1.23. The van der Waals surface area contributed by atoms with Gasteiger partial charge in [0.05, 0.1) is 0 Å². The van der Waals surface area contributed by atoms with Crippen LogP contribution in [0.1, 0.15) is 72.6 Å². The van der Waals surface area contributed by atoms with Crippen LogP contribution >= 0.6 is 0 Å². The van der Waals surface area contributed by atoms with E-state index in [4.69, 9.17) is 9.47 Å². The van der Waals surface area contributed by atoms with Crippen LogP contribution in [-0.4, -0.2) is 35.3 Å². The van der Waals surface area contributed by atoms with E-state index in [1.165, 1.54) is 6.92 Å². The molecule has 6 unspecified atom stereocenters. The molecule has 5 rings (SSSR count). The minimum Gasteiger partial charge on any atom is -0.462 e. The highest BCUT2D eigenvalue weighted by molar-refractivity contribution is 5.88. The van der Waals surface area contributed by atoms with E-state index in [0.29, 0.717) is 18.3 Å². The van der Waals surface area contributed by atoms with Crippen LogP contribution in [0.4, 0.5) is 0 Å². The molecule has 1 spiro atoms. The number of esters is 1. The second kappa shape index (κ2) is 5.68. The number of hydrogen-bond acceptors (Lipinski definition) is 5. The maximum Gasteiger partial charge on any atom is 0.302 e. The highest BCUT2D eigenvalue weighted by atomic mass is 16.6. The number of carbonyl (C=O) groups excluding carboxylic acids is 3. The van der Waals surface area contributed by atoms with Crippen molar-refractivity contribution < 1.29 is 23.9 Å². The summed E-state index contributed by atoms with van der Waals surface area (Å²) in [5, 5.41) is 0. The summed E-state index contributed by atoms with van der Waals surface area (Å²) in [5.41, 5.74) is -0.569. The Labute approximate surface area is 166 Å². The fraction of sp³-hybridized carbons (Fsp3) is 0.870. The lowest BCUT2D eigenvalue weighted by Crippen LogP contribution is -2.63. The van der Waals surface area contributed by atoms with Gasteiger partial charge in [-0.1, -0.05) is 13.8 Å². The summed E-state index contributed by atoms with van der Waals surface area (Å²) in [6, 6.07) is 0. The van der Waals surface area contributed by atoms with E-state index in [0.717, 1.165) is 38.5 Å². The highest BCUT2D eigenvalue weighted by Crippen LogP contribution is 2.73. The normalized spacial score (nSPS) is 54.1. The molecule has 9 atom stereocenters. The second-order valence-electron chi connectivity index (χ2n) is 10.7. The number of Topliss-reactive ketones (excluding diaryl/α,β-unsaturated/α-hetero) is 2. The molecule has 5 fully saturated rings. The monoisotopic (exact) mass is 388 g/mol. The van der Waals surface area contributed by atoms with Crippen molar-refractivity contribution in [1.29, 1.82) is 0 Å². The molecule has 1 aliphatic heterocycles. The molecule has 0 N–H and O–H groups in total. The number of hydrogen-bond donors (Lipinski definition) is 0. The van der Waals surface area contributed by atoms with Crippen molar-refractivity contribution in [2.24, 2.45) is 34.5 Å². The average Bonchev–Trinajstić information content (AvgIpc) is 3.25. The molecule has 4 saturated carbocycles. The van der Waals surface area contributed by atoms with Gasteiger partial charge >= 0.3 is 5.97 Å². The fourth-order valence-corrected chi connectivity index (χ4v) is 8.57. The van der Waals surface area contributed by atoms with Crippen molar-refractivity contribution in [3.8, 4) is 0 Å². The van der Waals surface area contributed by atoms with Gasteiger partial charge in [-0.05, 0) is 62.7 Å². The minimum atomic E-state index is -0.339. The summed E-state index contributed by atoms with van der Waals surface area (Å²) in [5.74, 6) is 1.48. The van der Waals surface area contributed by atoms with E-state index in [2.05, 4.69) is 13.8 Å². The molecule has 0 aromatic rings. The Kier molecular flexibility index (Phi) is 3.81. The number of fused-ring (bicyclic) bond motifs is 4. The Morgan fingerprint density at radius 1 is 1.11 bits per heavy atom.